The van der Waals surface area contributed by atoms with Gasteiger partial charge in [0.05, 0.1) is 12.6 Å². The van der Waals surface area contributed by atoms with Gasteiger partial charge in [0.1, 0.15) is 0 Å². The molecule has 0 radical (unpaired) electrons. The van der Waals surface area contributed by atoms with E-state index < -0.39 is 6.10 Å². The molecule has 23 heavy (non-hydrogen) atoms. The highest BCUT2D eigenvalue weighted by Gasteiger charge is 2.14. The van der Waals surface area contributed by atoms with E-state index in [9.17, 15) is 5.11 Å². The SMILES string of the molecule is CCCNCC(O)Cn1c2ccc(Cl)cc2c2cc(Cl)ccc21. The highest BCUT2D eigenvalue weighted by atomic mass is 35.5. The van der Waals surface area contributed by atoms with Crippen LogP contribution in [0.2, 0.25) is 10.0 Å². The zero-order valence-corrected chi connectivity index (χ0v) is 14.5. The third kappa shape index (κ3) is 3.48. The van der Waals surface area contributed by atoms with Crippen LogP contribution in [0.4, 0.5) is 0 Å². The van der Waals surface area contributed by atoms with Crippen LogP contribution in [0.5, 0.6) is 0 Å². The molecule has 0 aliphatic heterocycles. The van der Waals surface area contributed by atoms with Crippen molar-refractivity contribution in [2.24, 2.45) is 0 Å². The molecule has 3 aromatic rings. The minimum absolute atomic E-state index is 0.452. The van der Waals surface area contributed by atoms with E-state index in [2.05, 4.69) is 16.8 Å². The summed E-state index contributed by atoms with van der Waals surface area (Å²) in [6.07, 6.45) is 0.603. The van der Waals surface area contributed by atoms with Crippen LogP contribution >= 0.6 is 23.2 Å². The summed E-state index contributed by atoms with van der Waals surface area (Å²) in [7, 11) is 0. The molecular formula is C18H20Cl2N2O. The van der Waals surface area contributed by atoms with E-state index in [0.717, 1.165) is 34.8 Å². The Labute approximate surface area is 145 Å². The maximum absolute atomic E-state index is 10.3. The number of aliphatic hydroxyl groups excluding tert-OH is 1. The van der Waals surface area contributed by atoms with Gasteiger partial charge in [0.25, 0.3) is 0 Å². The fourth-order valence-electron chi connectivity index (χ4n) is 2.97. The second kappa shape index (κ2) is 7.10. The van der Waals surface area contributed by atoms with Crippen molar-refractivity contribution in [2.45, 2.75) is 26.0 Å². The zero-order valence-electron chi connectivity index (χ0n) is 13.0. The highest BCUT2D eigenvalue weighted by molar-refractivity contribution is 6.33. The molecule has 1 atom stereocenters. The number of nitrogens with zero attached hydrogens (tertiary/aromatic N) is 1. The summed E-state index contributed by atoms with van der Waals surface area (Å²) in [6, 6.07) is 11.7. The maximum atomic E-state index is 10.3. The molecule has 0 aliphatic rings. The van der Waals surface area contributed by atoms with Gasteiger partial charge >= 0.3 is 0 Å². The van der Waals surface area contributed by atoms with Crippen LogP contribution in [-0.2, 0) is 6.54 Å². The van der Waals surface area contributed by atoms with Gasteiger partial charge in [-0.25, -0.2) is 0 Å². The minimum atomic E-state index is -0.452. The molecule has 1 aromatic heterocycles. The predicted octanol–water partition coefficient (Wildman–Crippen LogP) is 4.46. The number of fused-ring (bicyclic) bond motifs is 3. The molecule has 0 saturated carbocycles. The Hall–Kier alpha value is -1.26. The third-order valence-corrected chi connectivity index (χ3v) is 4.46. The Morgan fingerprint density at radius 3 is 2.13 bits per heavy atom. The fourth-order valence-corrected chi connectivity index (χ4v) is 3.31. The van der Waals surface area contributed by atoms with Crippen molar-refractivity contribution < 1.29 is 5.11 Å². The number of aliphatic hydroxyl groups is 1. The Morgan fingerprint density at radius 1 is 1.04 bits per heavy atom. The minimum Gasteiger partial charge on any atom is -0.390 e. The molecule has 5 heteroatoms. The van der Waals surface area contributed by atoms with E-state index in [-0.39, 0.29) is 0 Å². The molecule has 2 aromatic carbocycles. The summed E-state index contributed by atoms with van der Waals surface area (Å²) in [5.41, 5.74) is 2.11. The Morgan fingerprint density at radius 2 is 1.61 bits per heavy atom. The van der Waals surface area contributed by atoms with Gasteiger partial charge in [-0.2, -0.15) is 0 Å². The number of hydrogen-bond acceptors (Lipinski definition) is 2. The summed E-state index contributed by atoms with van der Waals surface area (Å²) in [5, 5.41) is 17.1. The second-order valence-corrected chi connectivity index (χ2v) is 6.66. The van der Waals surface area contributed by atoms with Crippen molar-refractivity contribution in [2.75, 3.05) is 13.1 Å². The van der Waals surface area contributed by atoms with Gasteiger partial charge in [-0.15, -0.1) is 0 Å². The van der Waals surface area contributed by atoms with Gasteiger partial charge in [0, 0.05) is 38.4 Å². The van der Waals surface area contributed by atoms with Crippen LogP contribution in [-0.4, -0.2) is 28.9 Å². The van der Waals surface area contributed by atoms with E-state index in [0.29, 0.717) is 23.1 Å². The molecule has 0 spiro atoms. The van der Waals surface area contributed by atoms with Gasteiger partial charge in [0.15, 0.2) is 0 Å². The lowest BCUT2D eigenvalue weighted by molar-refractivity contribution is 0.154. The van der Waals surface area contributed by atoms with Crippen molar-refractivity contribution in [3.05, 3.63) is 46.4 Å². The molecule has 3 nitrogen and oxygen atoms in total. The number of nitrogens with one attached hydrogen (secondary N) is 1. The molecule has 0 amide bonds. The average Bonchev–Trinajstić information content (AvgIpc) is 2.80. The van der Waals surface area contributed by atoms with E-state index in [1.165, 1.54) is 0 Å². The first-order valence-electron chi connectivity index (χ1n) is 7.86. The molecule has 122 valence electrons. The lowest BCUT2D eigenvalue weighted by Gasteiger charge is -2.14. The summed E-state index contributed by atoms with van der Waals surface area (Å²) in [5.74, 6) is 0. The second-order valence-electron chi connectivity index (χ2n) is 5.79. The number of halogens is 2. The van der Waals surface area contributed by atoms with Crippen LogP contribution < -0.4 is 5.32 Å². The van der Waals surface area contributed by atoms with E-state index >= 15 is 0 Å². The van der Waals surface area contributed by atoms with Crippen molar-refractivity contribution in [1.82, 2.24) is 9.88 Å². The lowest BCUT2D eigenvalue weighted by Crippen LogP contribution is -2.30. The van der Waals surface area contributed by atoms with Crippen LogP contribution in [0.1, 0.15) is 13.3 Å². The van der Waals surface area contributed by atoms with Crippen molar-refractivity contribution in [3.8, 4) is 0 Å². The molecule has 0 fully saturated rings. The number of aromatic nitrogens is 1. The van der Waals surface area contributed by atoms with E-state index in [1.807, 2.05) is 36.4 Å². The molecular weight excluding hydrogens is 331 g/mol. The molecule has 0 bridgehead atoms. The van der Waals surface area contributed by atoms with Crippen molar-refractivity contribution in [3.63, 3.8) is 0 Å². The Balaban J connectivity index is 2.03. The van der Waals surface area contributed by atoms with Gasteiger partial charge in [-0.3, -0.25) is 0 Å². The maximum Gasteiger partial charge on any atom is 0.0843 e. The third-order valence-electron chi connectivity index (χ3n) is 3.99. The van der Waals surface area contributed by atoms with Gasteiger partial charge in [-0.05, 0) is 49.4 Å². The standard InChI is InChI=1S/C18H20Cl2N2O/c1-2-7-21-10-14(23)11-22-17-5-3-12(19)8-15(17)16-9-13(20)4-6-18(16)22/h3-6,8-9,14,21,23H,2,7,10-11H2,1H3. The van der Waals surface area contributed by atoms with Crippen LogP contribution in [0.15, 0.2) is 36.4 Å². The normalized spacial score (nSPS) is 13.0. The summed E-state index contributed by atoms with van der Waals surface area (Å²) in [6.45, 7) is 4.13. The first-order valence-corrected chi connectivity index (χ1v) is 8.61. The molecule has 2 N–H and O–H groups in total. The van der Waals surface area contributed by atoms with Crippen LogP contribution in [0.25, 0.3) is 21.8 Å². The Kier molecular flexibility index (Phi) is 5.12. The quantitative estimate of drug-likeness (QED) is 0.644. The zero-order chi connectivity index (χ0) is 16.4. The first kappa shape index (κ1) is 16.6. The van der Waals surface area contributed by atoms with Crippen LogP contribution in [0, 0.1) is 0 Å². The van der Waals surface area contributed by atoms with Crippen LogP contribution in [0.3, 0.4) is 0 Å². The predicted molar refractivity (Wildman–Crippen MR) is 98.6 cm³/mol. The smallest absolute Gasteiger partial charge is 0.0843 e. The van der Waals surface area contributed by atoms with Crippen molar-refractivity contribution in [1.29, 1.82) is 0 Å². The van der Waals surface area contributed by atoms with Gasteiger partial charge in [0.2, 0.25) is 0 Å². The lowest BCUT2D eigenvalue weighted by atomic mass is 10.1. The number of rotatable bonds is 6. The van der Waals surface area contributed by atoms with Crippen molar-refractivity contribution >= 4 is 45.0 Å². The van der Waals surface area contributed by atoms with E-state index in [4.69, 9.17) is 23.2 Å². The molecule has 3 rings (SSSR count). The highest BCUT2D eigenvalue weighted by Crippen LogP contribution is 2.32. The largest absolute Gasteiger partial charge is 0.390 e. The summed E-state index contributed by atoms with van der Waals surface area (Å²) in [4.78, 5) is 0. The monoisotopic (exact) mass is 350 g/mol. The number of hydrogen-bond donors (Lipinski definition) is 2. The summed E-state index contributed by atoms with van der Waals surface area (Å²) < 4.78 is 2.13. The molecule has 0 saturated heterocycles. The molecule has 0 aliphatic carbocycles. The Bertz CT molecular complexity index is 769. The van der Waals surface area contributed by atoms with Gasteiger partial charge in [-0.1, -0.05) is 30.1 Å². The van der Waals surface area contributed by atoms with Gasteiger partial charge < -0.3 is 15.0 Å². The molecule has 1 heterocycles. The topological polar surface area (TPSA) is 37.2 Å². The first-order chi connectivity index (χ1) is 11.1. The number of benzene rings is 2. The average molecular weight is 351 g/mol. The van der Waals surface area contributed by atoms with E-state index in [1.54, 1.807) is 0 Å². The summed E-state index contributed by atoms with van der Waals surface area (Å²) >= 11 is 12.3. The molecule has 1 unspecified atom stereocenters. The fraction of sp³-hybridized carbons (Fsp3) is 0.333.